The summed E-state index contributed by atoms with van der Waals surface area (Å²) in [5, 5.41) is 0. The van der Waals surface area contributed by atoms with Crippen molar-refractivity contribution in [1.29, 1.82) is 0 Å². The van der Waals surface area contributed by atoms with Gasteiger partial charge in [0.2, 0.25) is 0 Å². The maximum absolute atomic E-state index is 3.30. The molecule has 0 saturated heterocycles. The Balaban J connectivity index is 0. The largest absolute Gasteiger partial charge is 3.00 e. The first-order chi connectivity index (χ1) is 5.29. The molecule has 1 atom stereocenters. The molecule has 0 bridgehead atoms. The molecule has 0 aliphatic heterocycles. The number of fused-ring (bicyclic) bond motifs is 1. The van der Waals surface area contributed by atoms with Crippen LogP contribution in [-0.4, -0.2) is 0 Å². The Morgan fingerprint density at radius 3 is 2.43 bits per heavy atom. The summed E-state index contributed by atoms with van der Waals surface area (Å²) in [5.74, 6) is 0.491. The first kappa shape index (κ1) is 16.8. The van der Waals surface area contributed by atoms with Crippen LogP contribution >= 0.6 is 0 Å². The van der Waals surface area contributed by atoms with Gasteiger partial charge in [-0.3, -0.25) is 6.08 Å². The number of allylic oxidation sites excluding steroid dienone is 1. The molecule has 2 rings (SSSR count). The minimum Gasteiger partial charge on any atom is -1.00 e. The molecule has 0 fully saturated rings. The topological polar surface area (TPSA) is 0 Å². The molecule has 14 heavy (non-hydrogen) atoms. The summed E-state index contributed by atoms with van der Waals surface area (Å²) in [5.41, 5.74) is 4.16. The van der Waals surface area contributed by atoms with Gasteiger partial charge in [0.1, 0.15) is 0 Å². The van der Waals surface area contributed by atoms with E-state index in [1.807, 2.05) is 0 Å². The maximum atomic E-state index is 3.30. The van der Waals surface area contributed by atoms with Gasteiger partial charge in [-0.25, -0.2) is 6.08 Å². The number of rotatable bonds is 0. The first-order valence-corrected chi connectivity index (χ1v) is 3.98. The molecule has 1 aromatic rings. The van der Waals surface area contributed by atoms with Crippen molar-refractivity contribution >= 4 is 6.08 Å². The van der Waals surface area contributed by atoms with Crippen LogP contribution in [0.4, 0.5) is 0 Å². The minimum atomic E-state index is 0. The van der Waals surface area contributed by atoms with Gasteiger partial charge < -0.3 is 24.8 Å². The molecule has 1 aromatic carbocycles. The van der Waals surface area contributed by atoms with E-state index in [4.69, 9.17) is 0 Å². The van der Waals surface area contributed by atoms with Crippen molar-refractivity contribution in [2.45, 2.75) is 19.8 Å². The van der Waals surface area contributed by atoms with E-state index in [-0.39, 0.29) is 51.0 Å². The van der Waals surface area contributed by atoms with Crippen LogP contribution < -0.4 is 24.8 Å². The Kier molecular flexibility index (Phi) is 8.21. The van der Waals surface area contributed by atoms with Gasteiger partial charge in [0, 0.05) is 0 Å². The monoisotopic (exact) mass is 303 g/mol. The number of hydrogen-bond acceptors (Lipinski definition) is 0. The summed E-state index contributed by atoms with van der Waals surface area (Å²) in [4.78, 5) is 0. The van der Waals surface area contributed by atoms with Crippen LogP contribution in [0, 0.1) is 13.0 Å². The molecular formula is C11H11Cl2Zr. The van der Waals surface area contributed by atoms with E-state index in [1.54, 1.807) is 0 Å². The van der Waals surface area contributed by atoms with Crippen LogP contribution in [-0.2, 0) is 26.2 Å². The maximum Gasteiger partial charge on any atom is 3.00 e. The van der Waals surface area contributed by atoms with Gasteiger partial charge in [-0.15, -0.1) is 11.1 Å². The van der Waals surface area contributed by atoms with E-state index in [0.29, 0.717) is 5.92 Å². The predicted octanol–water partition coefficient (Wildman–Crippen LogP) is -3.07. The summed E-state index contributed by atoms with van der Waals surface area (Å²) >= 11 is 0. The van der Waals surface area contributed by atoms with E-state index in [9.17, 15) is 0 Å². The second-order valence-electron chi connectivity index (χ2n) is 3.11. The predicted molar refractivity (Wildman–Crippen MR) is 47.3 cm³/mol. The zero-order chi connectivity index (χ0) is 7.84. The molecule has 0 nitrogen and oxygen atoms in total. The van der Waals surface area contributed by atoms with Crippen LogP contribution in [0.3, 0.4) is 0 Å². The number of hydrogen-bond donors (Lipinski definition) is 0. The van der Waals surface area contributed by atoms with Gasteiger partial charge in [0.15, 0.2) is 0 Å². The van der Waals surface area contributed by atoms with Gasteiger partial charge in [0.25, 0.3) is 0 Å². The van der Waals surface area contributed by atoms with Gasteiger partial charge in [0.05, 0.1) is 0 Å². The van der Waals surface area contributed by atoms with Crippen molar-refractivity contribution in [3.05, 3.63) is 41.0 Å². The third-order valence-electron chi connectivity index (χ3n) is 2.30. The molecule has 0 spiro atoms. The van der Waals surface area contributed by atoms with Gasteiger partial charge in [-0.2, -0.15) is 5.56 Å². The second kappa shape index (κ2) is 6.82. The first-order valence-electron chi connectivity index (χ1n) is 3.98. The van der Waals surface area contributed by atoms with Crippen LogP contribution in [0.2, 0.25) is 0 Å². The van der Waals surface area contributed by atoms with Gasteiger partial charge in [-0.1, -0.05) is 38.0 Å². The summed E-state index contributed by atoms with van der Waals surface area (Å²) in [7, 11) is 0. The zero-order valence-electron chi connectivity index (χ0n) is 8.14. The molecule has 73 valence electrons. The summed E-state index contributed by atoms with van der Waals surface area (Å²) in [6.45, 7) is 4.33. The number of halogens is 2. The van der Waals surface area contributed by atoms with Gasteiger partial charge in [-0.05, 0) is 0 Å². The molecule has 3 heteroatoms. The second-order valence-corrected chi connectivity index (χ2v) is 3.11. The fraction of sp³-hybridized carbons (Fsp3) is 0.273. The SMILES string of the molecule is Cc1cccc2c1C=[C-]C2C.[Cl-].[Cl-].[Zr+3]. The number of aryl methyl sites for hydroxylation is 1. The molecule has 1 aliphatic rings. The summed E-state index contributed by atoms with van der Waals surface area (Å²) in [6, 6.07) is 6.45. The fourth-order valence-electron chi connectivity index (χ4n) is 1.58. The molecule has 0 amide bonds. The molecule has 1 radical (unpaired) electrons. The molecular weight excluding hydrogens is 294 g/mol. The van der Waals surface area contributed by atoms with Crippen LogP contribution in [0.5, 0.6) is 0 Å². The molecule has 0 saturated carbocycles. The number of benzene rings is 1. The Labute approximate surface area is 117 Å². The molecule has 1 aliphatic carbocycles. The van der Waals surface area contributed by atoms with Crippen LogP contribution in [0.15, 0.2) is 18.2 Å². The quantitative estimate of drug-likeness (QED) is 0.447. The third-order valence-corrected chi connectivity index (χ3v) is 2.30. The van der Waals surface area contributed by atoms with Crippen molar-refractivity contribution in [3.8, 4) is 0 Å². The van der Waals surface area contributed by atoms with Crippen molar-refractivity contribution in [2.75, 3.05) is 0 Å². The Morgan fingerprint density at radius 1 is 1.21 bits per heavy atom. The zero-order valence-corrected chi connectivity index (χ0v) is 12.1. The van der Waals surface area contributed by atoms with E-state index >= 15 is 0 Å². The molecule has 1 unspecified atom stereocenters. The third kappa shape index (κ3) is 2.95. The van der Waals surface area contributed by atoms with Crippen molar-refractivity contribution in [3.63, 3.8) is 0 Å². The minimum absolute atomic E-state index is 0. The van der Waals surface area contributed by atoms with Gasteiger partial charge >= 0.3 is 26.2 Å². The summed E-state index contributed by atoms with van der Waals surface area (Å²) in [6.07, 6.45) is 5.41. The van der Waals surface area contributed by atoms with E-state index in [0.717, 1.165) is 0 Å². The van der Waals surface area contributed by atoms with E-state index < -0.39 is 0 Å². The van der Waals surface area contributed by atoms with Crippen molar-refractivity contribution < 1.29 is 51.0 Å². The normalized spacial score (nSPS) is 16.0. The molecule has 0 heterocycles. The van der Waals surface area contributed by atoms with Crippen LogP contribution in [0.1, 0.15) is 29.5 Å². The summed E-state index contributed by atoms with van der Waals surface area (Å²) < 4.78 is 0. The Morgan fingerprint density at radius 2 is 1.86 bits per heavy atom. The average molecular weight is 305 g/mol. The Bertz CT molecular complexity index is 321. The molecule has 0 aromatic heterocycles. The smallest absolute Gasteiger partial charge is 1.00 e. The van der Waals surface area contributed by atoms with Crippen LogP contribution in [0.25, 0.3) is 6.08 Å². The molecule has 0 N–H and O–H groups in total. The Hall–Kier alpha value is 0.423. The standard InChI is InChI=1S/C11H11.2ClH.Zr/c1-8-4-3-5-10-9(2)6-7-11(8)10;;;/h3-5,7,9H,1-2H3;2*1H;/q-1;;;+3/p-2. The average Bonchev–Trinajstić information content (AvgIpc) is 2.35. The fourth-order valence-corrected chi connectivity index (χ4v) is 1.58. The van der Waals surface area contributed by atoms with Crippen molar-refractivity contribution in [1.82, 2.24) is 0 Å². The van der Waals surface area contributed by atoms with E-state index in [2.05, 4.69) is 44.2 Å². The van der Waals surface area contributed by atoms with E-state index in [1.165, 1.54) is 16.7 Å². The van der Waals surface area contributed by atoms with Crippen molar-refractivity contribution in [2.24, 2.45) is 0 Å².